The van der Waals surface area contributed by atoms with Crippen molar-refractivity contribution in [3.8, 4) is 0 Å². The van der Waals surface area contributed by atoms with Crippen molar-refractivity contribution in [3.63, 3.8) is 0 Å². The van der Waals surface area contributed by atoms with Crippen LogP contribution in [0.25, 0.3) is 0 Å². The molecule has 6 heavy (non-hydrogen) atoms. The Hall–Kier alpha value is 0.690. The van der Waals surface area contributed by atoms with Gasteiger partial charge in [0.1, 0.15) is 9.84 Å². The van der Waals surface area contributed by atoms with Crippen LogP contribution in [0.5, 0.6) is 0 Å². The summed E-state index contributed by atoms with van der Waals surface area (Å²) in [6.07, 6.45) is 2.32. The van der Waals surface area contributed by atoms with Gasteiger partial charge in [0.2, 0.25) is 0 Å². The van der Waals surface area contributed by atoms with E-state index in [4.69, 9.17) is 0 Å². The zero-order valence-electron chi connectivity index (χ0n) is 3.53. The Kier molecular flexibility index (Phi) is 4.59. The fourth-order valence-corrected chi connectivity index (χ4v) is 0. The van der Waals surface area contributed by atoms with Crippen LogP contribution < -0.4 is 0 Å². The van der Waals surface area contributed by atoms with Crippen molar-refractivity contribution in [2.75, 3.05) is 12.5 Å². The maximum Gasteiger partial charge on any atom is 0.144 e. The monoisotopic (exact) mass is 201 g/mol. The van der Waals surface area contributed by atoms with Gasteiger partial charge >= 0.3 is 0 Å². The van der Waals surface area contributed by atoms with Crippen LogP contribution in [0.1, 0.15) is 0 Å². The molecule has 0 aromatic carbocycles. The first kappa shape index (κ1) is 9.85. The van der Waals surface area contributed by atoms with E-state index in [1.807, 2.05) is 0 Å². The Labute approximate surface area is 53.4 Å². The molecule has 0 heterocycles. The van der Waals surface area contributed by atoms with Gasteiger partial charge in [-0.25, -0.2) is 8.42 Å². The topological polar surface area (TPSA) is 34.1 Å². The molecule has 0 saturated carbocycles. The third-order valence-electron chi connectivity index (χ3n) is 0. The second-order valence-electron chi connectivity index (χ2n) is 1.14. The number of rotatable bonds is 0. The predicted molar refractivity (Wildman–Crippen MR) is 20.8 cm³/mol. The Morgan fingerprint density at radius 1 is 1.17 bits per heavy atom. The number of hydrogen-bond acceptors (Lipinski definition) is 2. The van der Waals surface area contributed by atoms with Gasteiger partial charge in [-0.2, -0.15) is 0 Å². The smallest absolute Gasteiger partial charge is 0.144 e. The molecular weight excluding hydrogens is 196 g/mol. The summed E-state index contributed by atoms with van der Waals surface area (Å²) in [7, 11) is -2.67. The third kappa shape index (κ3) is 134. The fourth-order valence-electron chi connectivity index (χ4n) is 0. The van der Waals surface area contributed by atoms with Gasteiger partial charge in [-0.1, -0.05) is 0 Å². The summed E-state index contributed by atoms with van der Waals surface area (Å²) in [5, 5.41) is 0. The van der Waals surface area contributed by atoms with Crippen LogP contribution in [0.2, 0.25) is 0 Å². The molecule has 0 aliphatic carbocycles. The van der Waals surface area contributed by atoms with Crippen LogP contribution >= 0.6 is 0 Å². The zero-order valence-corrected chi connectivity index (χ0v) is 5.83. The van der Waals surface area contributed by atoms with Gasteiger partial charge in [0.25, 0.3) is 0 Å². The average Bonchev–Trinajstić information content (AvgIpc) is 0.722. The van der Waals surface area contributed by atoms with E-state index in [1.54, 1.807) is 0 Å². The average molecular weight is 202 g/mol. The van der Waals surface area contributed by atoms with Crippen molar-refractivity contribution in [2.24, 2.45) is 0 Å². The minimum Gasteiger partial charge on any atom is -0.229 e. The maximum absolute atomic E-state index is 9.63. The van der Waals surface area contributed by atoms with Gasteiger partial charge in [-0.05, 0) is 0 Å². The van der Waals surface area contributed by atoms with E-state index in [0.717, 1.165) is 12.5 Å². The molecule has 0 saturated heterocycles. The Bertz CT molecular complexity index is 94.7. The normalized spacial score (nSPS) is 9.67. The molecule has 0 aromatic heterocycles. The molecular formula is C2H6AgO2S. The largest absolute Gasteiger partial charge is 0.229 e. The number of hydrogen-bond donors (Lipinski definition) is 0. The van der Waals surface area contributed by atoms with Gasteiger partial charge in [-0.3, -0.25) is 0 Å². The van der Waals surface area contributed by atoms with Gasteiger partial charge < -0.3 is 0 Å². The predicted octanol–water partition coefficient (Wildman–Crippen LogP) is -0.342. The van der Waals surface area contributed by atoms with E-state index in [0.29, 0.717) is 0 Å². The van der Waals surface area contributed by atoms with E-state index < -0.39 is 9.84 Å². The molecule has 0 aliphatic heterocycles. The molecule has 0 spiro atoms. The van der Waals surface area contributed by atoms with Crippen molar-refractivity contribution >= 4 is 9.84 Å². The van der Waals surface area contributed by atoms with E-state index in [-0.39, 0.29) is 22.4 Å². The Morgan fingerprint density at radius 2 is 1.17 bits per heavy atom. The Morgan fingerprint density at radius 3 is 1.17 bits per heavy atom. The summed E-state index contributed by atoms with van der Waals surface area (Å²) < 4.78 is 19.3. The standard InChI is InChI=1S/C2H6O2S.Ag/c1-5(2,3)4;/h1-2H3;. The first-order valence-electron chi connectivity index (χ1n) is 1.15. The molecule has 0 aliphatic rings. The number of sulfone groups is 1. The molecule has 43 valence electrons. The van der Waals surface area contributed by atoms with Crippen molar-refractivity contribution in [3.05, 3.63) is 0 Å². The van der Waals surface area contributed by atoms with E-state index in [9.17, 15) is 8.42 Å². The third-order valence-corrected chi connectivity index (χ3v) is 0. The summed E-state index contributed by atoms with van der Waals surface area (Å²) in [5.41, 5.74) is 0. The molecule has 4 heteroatoms. The molecule has 0 bridgehead atoms. The Balaban J connectivity index is 0. The molecule has 0 fully saturated rings. The van der Waals surface area contributed by atoms with E-state index >= 15 is 0 Å². The van der Waals surface area contributed by atoms with Crippen LogP contribution in [0, 0.1) is 0 Å². The molecule has 1 radical (unpaired) electrons. The van der Waals surface area contributed by atoms with Gasteiger partial charge in [0, 0.05) is 34.9 Å². The molecule has 0 rings (SSSR count). The van der Waals surface area contributed by atoms with Crippen LogP contribution in [-0.4, -0.2) is 20.9 Å². The summed E-state index contributed by atoms with van der Waals surface area (Å²) >= 11 is 0. The van der Waals surface area contributed by atoms with E-state index in [2.05, 4.69) is 0 Å². The fraction of sp³-hybridized carbons (Fsp3) is 1.00. The molecule has 0 aromatic rings. The zero-order chi connectivity index (χ0) is 4.50. The summed E-state index contributed by atoms with van der Waals surface area (Å²) in [6, 6.07) is 0. The van der Waals surface area contributed by atoms with Crippen LogP contribution in [0.4, 0.5) is 0 Å². The molecule has 2 nitrogen and oxygen atoms in total. The maximum atomic E-state index is 9.63. The summed E-state index contributed by atoms with van der Waals surface area (Å²) in [5.74, 6) is 0. The SMILES string of the molecule is CS(C)(=O)=O.[Ag]. The van der Waals surface area contributed by atoms with E-state index in [1.165, 1.54) is 0 Å². The summed E-state index contributed by atoms with van der Waals surface area (Å²) in [4.78, 5) is 0. The van der Waals surface area contributed by atoms with Crippen molar-refractivity contribution in [1.29, 1.82) is 0 Å². The van der Waals surface area contributed by atoms with Crippen molar-refractivity contribution in [2.45, 2.75) is 0 Å². The van der Waals surface area contributed by atoms with Crippen LogP contribution in [0.3, 0.4) is 0 Å². The molecule has 0 unspecified atom stereocenters. The second-order valence-corrected chi connectivity index (χ2v) is 3.43. The molecule has 0 N–H and O–H groups in total. The van der Waals surface area contributed by atoms with Crippen LogP contribution in [-0.2, 0) is 32.2 Å². The van der Waals surface area contributed by atoms with Crippen molar-refractivity contribution in [1.82, 2.24) is 0 Å². The van der Waals surface area contributed by atoms with Gasteiger partial charge in [0.15, 0.2) is 0 Å². The summed E-state index contributed by atoms with van der Waals surface area (Å²) in [6.45, 7) is 0. The first-order chi connectivity index (χ1) is 2.00. The molecule has 0 atom stereocenters. The quantitative estimate of drug-likeness (QED) is 0.503. The second kappa shape index (κ2) is 2.80. The minimum absolute atomic E-state index is 0. The van der Waals surface area contributed by atoms with Crippen molar-refractivity contribution < 1.29 is 30.8 Å². The van der Waals surface area contributed by atoms with Gasteiger partial charge in [-0.15, -0.1) is 0 Å². The van der Waals surface area contributed by atoms with Gasteiger partial charge in [0.05, 0.1) is 0 Å². The van der Waals surface area contributed by atoms with Crippen LogP contribution in [0.15, 0.2) is 0 Å². The first-order valence-corrected chi connectivity index (χ1v) is 3.45. The molecule has 0 amide bonds. The minimum atomic E-state index is -2.67.